The average Bonchev–Trinajstić information content (AvgIpc) is 2.73. The molecule has 0 spiro atoms. The summed E-state index contributed by atoms with van der Waals surface area (Å²) in [6.07, 6.45) is 4.62. The van der Waals surface area contributed by atoms with E-state index in [2.05, 4.69) is 11.9 Å². The molecule has 1 aliphatic rings. The highest BCUT2D eigenvalue weighted by atomic mass is 32.1. The molecule has 1 fully saturated rings. The smallest absolute Gasteiger partial charge is 0.273 e. The van der Waals surface area contributed by atoms with Gasteiger partial charge in [0.2, 0.25) is 0 Å². The van der Waals surface area contributed by atoms with Crippen LogP contribution in [0.15, 0.2) is 5.38 Å². The number of aromatic nitrogens is 1. The van der Waals surface area contributed by atoms with Crippen molar-refractivity contribution in [3.63, 3.8) is 0 Å². The summed E-state index contributed by atoms with van der Waals surface area (Å²) >= 11 is 1.47. The van der Waals surface area contributed by atoms with Crippen LogP contribution < -0.4 is 5.73 Å². The van der Waals surface area contributed by atoms with Gasteiger partial charge in [-0.1, -0.05) is 12.8 Å². The Morgan fingerprint density at radius 2 is 2.33 bits per heavy atom. The van der Waals surface area contributed by atoms with Crippen LogP contribution >= 0.6 is 11.3 Å². The fourth-order valence-corrected chi connectivity index (χ4v) is 3.07. The third-order valence-electron chi connectivity index (χ3n) is 3.44. The monoisotopic (exact) mass is 267 g/mol. The Labute approximate surface area is 112 Å². The molecule has 2 rings (SSSR count). The van der Waals surface area contributed by atoms with Gasteiger partial charge in [-0.15, -0.1) is 11.3 Å². The summed E-state index contributed by atoms with van der Waals surface area (Å²) in [5.41, 5.74) is 6.34. The third kappa shape index (κ3) is 2.90. The minimum atomic E-state index is -0.0990. The van der Waals surface area contributed by atoms with Crippen molar-refractivity contribution in [2.75, 3.05) is 6.54 Å². The van der Waals surface area contributed by atoms with E-state index in [1.807, 2.05) is 17.2 Å². The van der Waals surface area contributed by atoms with Crippen molar-refractivity contribution < 1.29 is 4.79 Å². The van der Waals surface area contributed by atoms with Crippen LogP contribution in [0.1, 0.15) is 61.1 Å². The topological polar surface area (TPSA) is 59.2 Å². The largest absolute Gasteiger partial charge is 0.335 e. The molecular formula is C13H21N3OS. The molecule has 2 atom stereocenters. The molecule has 5 heteroatoms. The predicted octanol–water partition coefficient (Wildman–Crippen LogP) is 2.57. The maximum absolute atomic E-state index is 12.4. The maximum Gasteiger partial charge on any atom is 0.273 e. The number of likely N-dealkylation sites (tertiary alicyclic amines) is 1. The molecule has 0 bridgehead atoms. The van der Waals surface area contributed by atoms with E-state index in [0.717, 1.165) is 24.4 Å². The van der Waals surface area contributed by atoms with Crippen molar-refractivity contribution in [3.05, 3.63) is 16.1 Å². The molecular weight excluding hydrogens is 246 g/mol. The van der Waals surface area contributed by atoms with Crippen LogP contribution in [0.4, 0.5) is 0 Å². The summed E-state index contributed by atoms with van der Waals surface area (Å²) < 4.78 is 0. The van der Waals surface area contributed by atoms with Crippen LogP contribution in [-0.4, -0.2) is 28.4 Å². The van der Waals surface area contributed by atoms with E-state index in [1.54, 1.807) is 0 Å². The van der Waals surface area contributed by atoms with Gasteiger partial charge >= 0.3 is 0 Å². The van der Waals surface area contributed by atoms with E-state index in [0.29, 0.717) is 11.7 Å². The lowest BCUT2D eigenvalue weighted by Crippen LogP contribution is -2.38. The number of amides is 1. The lowest BCUT2D eigenvalue weighted by molar-refractivity contribution is 0.0692. The molecule has 2 N–H and O–H groups in total. The molecule has 1 saturated heterocycles. The molecule has 1 aromatic heterocycles. The molecule has 1 amide bonds. The van der Waals surface area contributed by atoms with Gasteiger partial charge in [0.1, 0.15) is 10.7 Å². The number of rotatable bonds is 2. The van der Waals surface area contributed by atoms with Crippen LogP contribution in [0.2, 0.25) is 0 Å². The van der Waals surface area contributed by atoms with Gasteiger partial charge in [-0.25, -0.2) is 4.98 Å². The molecule has 1 aromatic rings. The average molecular weight is 267 g/mol. The van der Waals surface area contributed by atoms with Gasteiger partial charge in [0.25, 0.3) is 5.91 Å². The van der Waals surface area contributed by atoms with Crippen LogP contribution in [0.5, 0.6) is 0 Å². The minimum absolute atomic E-state index is 0.0625. The molecule has 0 radical (unpaired) electrons. The Morgan fingerprint density at radius 3 is 3.00 bits per heavy atom. The van der Waals surface area contributed by atoms with Crippen LogP contribution in [-0.2, 0) is 0 Å². The first-order valence-corrected chi connectivity index (χ1v) is 7.49. The van der Waals surface area contributed by atoms with Gasteiger partial charge in [0.05, 0.1) is 6.04 Å². The molecule has 2 unspecified atom stereocenters. The summed E-state index contributed by atoms with van der Waals surface area (Å²) in [4.78, 5) is 18.7. The highest BCUT2D eigenvalue weighted by Crippen LogP contribution is 2.21. The van der Waals surface area contributed by atoms with E-state index < -0.39 is 0 Å². The number of nitrogens with zero attached hydrogens (tertiary/aromatic N) is 2. The zero-order valence-electron chi connectivity index (χ0n) is 11.1. The van der Waals surface area contributed by atoms with Crippen molar-refractivity contribution in [3.8, 4) is 0 Å². The first-order chi connectivity index (χ1) is 8.59. The molecule has 0 saturated carbocycles. The van der Waals surface area contributed by atoms with Crippen LogP contribution in [0, 0.1) is 0 Å². The first kappa shape index (κ1) is 13.5. The Morgan fingerprint density at radius 1 is 1.56 bits per heavy atom. The zero-order chi connectivity index (χ0) is 13.1. The van der Waals surface area contributed by atoms with Crippen LogP contribution in [0.3, 0.4) is 0 Å². The fourth-order valence-electron chi connectivity index (χ4n) is 2.32. The number of thiazole rings is 1. The molecule has 2 heterocycles. The molecule has 18 heavy (non-hydrogen) atoms. The highest BCUT2D eigenvalue weighted by molar-refractivity contribution is 7.09. The van der Waals surface area contributed by atoms with E-state index in [4.69, 9.17) is 5.73 Å². The number of carbonyl (C=O) groups is 1. The summed E-state index contributed by atoms with van der Waals surface area (Å²) in [5, 5.41) is 2.67. The van der Waals surface area contributed by atoms with Gasteiger partial charge in [-0.05, 0) is 26.7 Å². The van der Waals surface area contributed by atoms with E-state index >= 15 is 0 Å². The van der Waals surface area contributed by atoms with Gasteiger partial charge in [-0.2, -0.15) is 0 Å². The summed E-state index contributed by atoms with van der Waals surface area (Å²) in [6.45, 7) is 4.87. The zero-order valence-corrected chi connectivity index (χ0v) is 11.9. The molecule has 1 aliphatic heterocycles. The Balaban J connectivity index is 2.13. The van der Waals surface area contributed by atoms with Gasteiger partial charge < -0.3 is 10.6 Å². The number of nitrogens with two attached hydrogens (primary N) is 1. The van der Waals surface area contributed by atoms with Gasteiger partial charge in [0.15, 0.2) is 0 Å². The van der Waals surface area contributed by atoms with E-state index in [-0.39, 0.29) is 11.9 Å². The Bertz CT molecular complexity index is 416. The van der Waals surface area contributed by atoms with Crippen molar-refractivity contribution in [2.45, 2.75) is 51.6 Å². The summed E-state index contributed by atoms with van der Waals surface area (Å²) in [5.74, 6) is 0.0625. The lowest BCUT2D eigenvalue weighted by atomic mass is 10.1. The number of carbonyl (C=O) groups excluding carboxylic acids is 1. The Kier molecular flexibility index (Phi) is 4.35. The van der Waals surface area contributed by atoms with Crippen molar-refractivity contribution in [1.82, 2.24) is 9.88 Å². The van der Waals surface area contributed by atoms with Crippen molar-refractivity contribution in [1.29, 1.82) is 0 Å². The van der Waals surface area contributed by atoms with E-state index in [1.165, 1.54) is 24.2 Å². The normalized spacial score (nSPS) is 22.6. The lowest BCUT2D eigenvalue weighted by Gasteiger charge is -2.26. The molecule has 100 valence electrons. The standard InChI is InChI=1S/C13H21N3OS/c1-9-6-4-3-5-7-16(9)13(17)11-8-18-12(15-11)10(2)14/h8-10H,3-7,14H2,1-2H3. The van der Waals surface area contributed by atoms with Crippen LogP contribution in [0.25, 0.3) is 0 Å². The van der Waals surface area contributed by atoms with Gasteiger partial charge in [0, 0.05) is 18.0 Å². The highest BCUT2D eigenvalue weighted by Gasteiger charge is 2.25. The predicted molar refractivity (Wildman–Crippen MR) is 73.7 cm³/mol. The summed E-state index contributed by atoms with van der Waals surface area (Å²) in [6, 6.07) is 0.221. The van der Waals surface area contributed by atoms with Crippen molar-refractivity contribution in [2.24, 2.45) is 5.73 Å². The second-order valence-electron chi connectivity index (χ2n) is 5.06. The Hall–Kier alpha value is -0.940. The number of hydrogen-bond acceptors (Lipinski definition) is 4. The second-order valence-corrected chi connectivity index (χ2v) is 5.95. The SMILES string of the molecule is CC(N)c1nc(C(=O)N2CCCCCC2C)cs1. The molecule has 4 nitrogen and oxygen atoms in total. The first-order valence-electron chi connectivity index (χ1n) is 6.61. The third-order valence-corrected chi connectivity index (χ3v) is 4.49. The van der Waals surface area contributed by atoms with E-state index in [9.17, 15) is 4.79 Å². The quantitative estimate of drug-likeness (QED) is 0.896. The van der Waals surface area contributed by atoms with Crippen molar-refractivity contribution >= 4 is 17.2 Å². The fraction of sp³-hybridized carbons (Fsp3) is 0.692. The molecule has 0 aromatic carbocycles. The molecule has 0 aliphatic carbocycles. The minimum Gasteiger partial charge on any atom is -0.335 e. The summed E-state index contributed by atoms with van der Waals surface area (Å²) in [7, 11) is 0. The maximum atomic E-state index is 12.4. The number of hydrogen-bond donors (Lipinski definition) is 1. The second kappa shape index (κ2) is 5.80. The van der Waals surface area contributed by atoms with Gasteiger partial charge in [-0.3, -0.25) is 4.79 Å².